The Kier molecular flexibility index (Phi) is 6.17. The predicted molar refractivity (Wildman–Crippen MR) is 123 cm³/mol. The molecule has 1 atom stereocenters. The number of sulfone groups is 1. The highest BCUT2D eigenvalue weighted by Crippen LogP contribution is 2.36. The molecule has 34 heavy (non-hydrogen) atoms. The molecule has 11 heteroatoms. The molecule has 0 radical (unpaired) electrons. The maximum absolute atomic E-state index is 14.7. The highest BCUT2D eigenvalue weighted by Gasteiger charge is 2.37. The van der Waals surface area contributed by atoms with Crippen molar-refractivity contribution >= 4 is 26.7 Å². The number of hydrogen-bond acceptors (Lipinski definition) is 6. The van der Waals surface area contributed by atoms with Gasteiger partial charge in [-0.1, -0.05) is 25.1 Å². The molecule has 0 aliphatic carbocycles. The molecule has 1 aliphatic rings. The lowest BCUT2D eigenvalue weighted by atomic mass is 9.77. The quantitative estimate of drug-likeness (QED) is 0.575. The lowest BCUT2D eigenvalue weighted by Gasteiger charge is -2.33. The third-order valence-electron chi connectivity index (χ3n) is 6.70. The molecule has 0 spiro atoms. The van der Waals surface area contributed by atoms with Crippen LogP contribution in [0.2, 0.25) is 0 Å². The molecular weight excluding hydrogens is 469 g/mol. The van der Waals surface area contributed by atoms with Gasteiger partial charge in [0.1, 0.15) is 33.4 Å². The Morgan fingerprint density at radius 2 is 1.79 bits per heavy atom. The number of benzene rings is 1. The van der Waals surface area contributed by atoms with Crippen molar-refractivity contribution in [3.8, 4) is 0 Å². The van der Waals surface area contributed by atoms with E-state index < -0.39 is 39.1 Å². The van der Waals surface area contributed by atoms with Crippen molar-refractivity contribution in [2.45, 2.75) is 44.6 Å². The van der Waals surface area contributed by atoms with E-state index in [2.05, 4.69) is 15.3 Å². The fourth-order valence-corrected chi connectivity index (χ4v) is 6.16. The van der Waals surface area contributed by atoms with E-state index in [9.17, 15) is 26.4 Å². The van der Waals surface area contributed by atoms with Gasteiger partial charge in [-0.05, 0) is 31.2 Å². The lowest BCUT2D eigenvalue weighted by molar-refractivity contribution is 0.146. The van der Waals surface area contributed by atoms with E-state index in [0.717, 1.165) is 6.07 Å². The minimum atomic E-state index is -3.13. The number of halogens is 3. The molecular formula is C23H25F3N4O3S. The summed E-state index contributed by atoms with van der Waals surface area (Å²) >= 11 is 0. The van der Waals surface area contributed by atoms with Crippen LogP contribution in [0.25, 0.3) is 11.0 Å². The molecule has 3 aromatic rings. The standard InChI is InChI=1S/C23H25F3N4O3S/c1-13(14-5-4-6-15(18(14)24)19(25)26)29-20-16-11-17(22(31)30(3)21(16)28-12-27-20)23(2)7-9-34(32,33)10-8-23/h4-6,11-13,19H,7-10H2,1-3H3,(H,27,28,29). The first kappa shape index (κ1) is 24.2. The topological polar surface area (TPSA) is 94.0 Å². The molecule has 0 amide bonds. The van der Waals surface area contributed by atoms with Crippen molar-refractivity contribution in [3.05, 3.63) is 63.5 Å². The van der Waals surface area contributed by atoms with Crippen LogP contribution in [-0.2, 0) is 22.3 Å². The van der Waals surface area contributed by atoms with Crippen LogP contribution < -0.4 is 10.9 Å². The number of pyridine rings is 1. The van der Waals surface area contributed by atoms with Crippen molar-refractivity contribution in [1.29, 1.82) is 0 Å². The molecule has 1 fully saturated rings. The summed E-state index contributed by atoms with van der Waals surface area (Å²) in [6, 6.07) is 4.79. The summed E-state index contributed by atoms with van der Waals surface area (Å²) in [6.45, 7) is 3.49. The normalized spacial score (nSPS) is 18.2. The SMILES string of the molecule is CC(Nc1ncnc2c1cc(C1(C)CCS(=O)(=O)CC1)c(=O)n2C)c1cccc(C(F)F)c1F. The third-order valence-corrected chi connectivity index (χ3v) is 8.35. The Morgan fingerprint density at radius 1 is 1.15 bits per heavy atom. The second-order valence-electron chi connectivity index (χ2n) is 9.01. The number of fused-ring (bicyclic) bond motifs is 1. The number of nitrogens with zero attached hydrogens (tertiary/aromatic N) is 3. The number of nitrogens with one attached hydrogen (secondary N) is 1. The number of aryl methyl sites for hydroxylation is 1. The van der Waals surface area contributed by atoms with Gasteiger partial charge in [-0.15, -0.1) is 0 Å². The molecule has 3 heterocycles. The van der Waals surface area contributed by atoms with Crippen LogP contribution in [0.1, 0.15) is 55.8 Å². The van der Waals surface area contributed by atoms with Gasteiger partial charge in [-0.25, -0.2) is 31.6 Å². The third kappa shape index (κ3) is 4.28. The average molecular weight is 495 g/mol. The highest BCUT2D eigenvalue weighted by molar-refractivity contribution is 7.91. The highest BCUT2D eigenvalue weighted by atomic mass is 32.2. The summed E-state index contributed by atoms with van der Waals surface area (Å²) in [5, 5.41) is 3.56. The summed E-state index contributed by atoms with van der Waals surface area (Å²) in [5.41, 5.74) is -0.753. The van der Waals surface area contributed by atoms with Crippen LogP contribution in [-0.4, -0.2) is 34.5 Å². The number of anilines is 1. The maximum atomic E-state index is 14.7. The first-order chi connectivity index (χ1) is 15.9. The molecule has 7 nitrogen and oxygen atoms in total. The minimum absolute atomic E-state index is 0.00211. The molecule has 1 N–H and O–H groups in total. The lowest BCUT2D eigenvalue weighted by Crippen LogP contribution is -2.40. The Bertz CT molecular complexity index is 1410. The molecule has 1 saturated heterocycles. The summed E-state index contributed by atoms with van der Waals surface area (Å²) < 4.78 is 66.2. The zero-order chi connectivity index (χ0) is 24.8. The number of aromatic nitrogens is 3. The molecule has 1 unspecified atom stereocenters. The molecule has 0 bridgehead atoms. The molecule has 0 saturated carbocycles. The van der Waals surface area contributed by atoms with E-state index in [4.69, 9.17) is 0 Å². The first-order valence-corrected chi connectivity index (χ1v) is 12.6. The van der Waals surface area contributed by atoms with Gasteiger partial charge in [-0.3, -0.25) is 9.36 Å². The monoisotopic (exact) mass is 494 g/mol. The van der Waals surface area contributed by atoms with E-state index >= 15 is 0 Å². The number of hydrogen-bond donors (Lipinski definition) is 1. The Labute approximate surface area is 195 Å². The smallest absolute Gasteiger partial charge is 0.266 e. The Hall–Kier alpha value is -2.95. The van der Waals surface area contributed by atoms with E-state index in [1.165, 1.54) is 23.0 Å². The van der Waals surface area contributed by atoms with Gasteiger partial charge in [-0.2, -0.15) is 0 Å². The van der Waals surface area contributed by atoms with Gasteiger partial charge in [0.05, 0.1) is 28.5 Å². The van der Waals surface area contributed by atoms with Crippen molar-refractivity contribution in [2.75, 3.05) is 16.8 Å². The Balaban J connectivity index is 1.78. The second-order valence-corrected chi connectivity index (χ2v) is 11.3. The van der Waals surface area contributed by atoms with Crippen LogP contribution in [0.3, 0.4) is 0 Å². The Morgan fingerprint density at radius 3 is 2.44 bits per heavy atom. The van der Waals surface area contributed by atoms with Gasteiger partial charge in [0.25, 0.3) is 12.0 Å². The van der Waals surface area contributed by atoms with E-state index in [0.29, 0.717) is 35.3 Å². The number of alkyl halides is 2. The fraction of sp³-hybridized carbons (Fsp3) is 0.435. The van der Waals surface area contributed by atoms with Gasteiger partial charge < -0.3 is 5.32 Å². The summed E-state index contributed by atoms with van der Waals surface area (Å²) in [7, 11) is -1.56. The first-order valence-electron chi connectivity index (χ1n) is 10.8. The van der Waals surface area contributed by atoms with E-state index in [-0.39, 0.29) is 22.6 Å². The van der Waals surface area contributed by atoms with Crippen LogP contribution in [0.15, 0.2) is 35.4 Å². The molecule has 1 aliphatic heterocycles. The van der Waals surface area contributed by atoms with Crippen LogP contribution >= 0.6 is 0 Å². The van der Waals surface area contributed by atoms with Crippen molar-refractivity contribution in [3.63, 3.8) is 0 Å². The predicted octanol–water partition coefficient (Wildman–Crippen LogP) is 4.04. The molecule has 2 aromatic heterocycles. The maximum Gasteiger partial charge on any atom is 0.266 e. The molecule has 4 rings (SSSR count). The molecule has 182 valence electrons. The molecule has 1 aromatic carbocycles. The van der Waals surface area contributed by atoms with E-state index in [1.54, 1.807) is 20.0 Å². The van der Waals surface area contributed by atoms with Crippen LogP contribution in [0.5, 0.6) is 0 Å². The summed E-state index contributed by atoms with van der Waals surface area (Å²) in [4.78, 5) is 21.6. The zero-order valence-electron chi connectivity index (χ0n) is 19.0. The van der Waals surface area contributed by atoms with Crippen molar-refractivity contribution < 1.29 is 21.6 Å². The van der Waals surface area contributed by atoms with Gasteiger partial charge in [0, 0.05) is 18.2 Å². The van der Waals surface area contributed by atoms with Gasteiger partial charge in [0.15, 0.2) is 0 Å². The van der Waals surface area contributed by atoms with Gasteiger partial charge in [0.2, 0.25) is 0 Å². The van der Waals surface area contributed by atoms with Gasteiger partial charge >= 0.3 is 0 Å². The largest absolute Gasteiger partial charge is 0.363 e. The summed E-state index contributed by atoms with van der Waals surface area (Å²) in [6.07, 6.45) is -1.05. The zero-order valence-corrected chi connectivity index (χ0v) is 19.8. The summed E-state index contributed by atoms with van der Waals surface area (Å²) in [5.74, 6) is -0.682. The second kappa shape index (κ2) is 8.68. The van der Waals surface area contributed by atoms with Crippen molar-refractivity contribution in [2.24, 2.45) is 7.05 Å². The number of rotatable bonds is 5. The minimum Gasteiger partial charge on any atom is -0.363 e. The average Bonchev–Trinajstić information content (AvgIpc) is 2.78. The van der Waals surface area contributed by atoms with Crippen LogP contribution in [0, 0.1) is 5.82 Å². The van der Waals surface area contributed by atoms with Crippen LogP contribution in [0.4, 0.5) is 19.0 Å². The van der Waals surface area contributed by atoms with E-state index in [1.807, 2.05) is 6.92 Å². The fourth-order valence-electron chi connectivity index (χ4n) is 4.43. The van der Waals surface area contributed by atoms with Crippen molar-refractivity contribution in [1.82, 2.24) is 14.5 Å².